The van der Waals surface area contributed by atoms with Gasteiger partial charge in [-0.1, -0.05) is 24.3 Å². The van der Waals surface area contributed by atoms with Crippen LogP contribution in [0.1, 0.15) is 29.2 Å². The summed E-state index contributed by atoms with van der Waals surface area (Å²) < 4.78 is 11.0. The Morgan fingerprint density at radius 1 is 1.15 bits per heavy atom. The molecular weight excluding hydrogens is 338 g/mol. The van der Waals surface area contributed by atoms with Crippen LogP contribution >= 0.6 is 0 Å². The smallest absolute Gasteiger partial charge is 0.191 e. The van der Waals surface area contributed by atoms with E-state index < -0.39 is 0 Å². The molecule has 1 aliphatic heterocycles. The van der Waals surface area contributed by atoms with Gasteiger partial charge in [0.2, 0.25) is 0 Å². The average Bonchev–Trinajstić information content (AvgIpc) is 3.15. The number of rotatable bonds is 7. The Morgan fingerprint density at radius 2 is 2.00 bits per heavy atom. The zero-order chi connectivity index (χ0) is 19.1. The SMILES string of the molecule is CCNC(=NCc1ccc(C)c(OC)c1)NCCc1ccc2c(c1)CCO2. The number of nitrogens with zero attached hydrogens (tertiary/aromatic N) is 1. The lowest BCUT2D eigenvalue weighted by molar-refractivity contribution is 0.357. The molecule has 2 N–H and O–H groups in total. The fourth-order valence-corrected chi connectivity index (χ4v) is 3.20. The molecule has 5 heteroatoms. The first-order valence-corrected chi connectivity index (χ1v) is 9.60. The van der Waals surface area contributed by atoms with Gasteiger partial charge in [0.1, 0.15) is 11.5 Å². The van der Waals surface area contributed by atoms with Crippen molar-refractivity contribution in [2.75, 3.05) is 26.8 Å². The number of methoxy groups -OCH3 is 1. The lowest BCUT2D eigenvalue weighted by atomic mass is 10.1. The van der Waals surface area contributed by atoms with Crippen LogP contribution in [0.3, 0.4) is 0 Å². The van der Waals surface area contributed by atoms with Gasteiger partial charge in [-0.05, 0) is 54.7 Å². The van der Waals surface area contributed by atoms with Crippen molar-refractivity contribution in [2.45, 2.75) is 33.2 Å². The maximum absolute atomic E-state index is 5.57. The van der Waals surface area contributed by atoms with Crippen LogP contribution in [0.25, 0.3) is 0 Å². The van der Waals surface area contributed by atoms with E-state index in [0.717, 1.165) is 61.1 Å². The van der Waals surface area contributed by atoms with E-state index in [9.17, 15) is 0 Å². The summed E-state index contributed by atoms with van der Waals surface area (Å²) in [6.07, 6.45) is 1.97. The third-order valence-corrected chi connectivity index (χ3v) is 4.70. The number of aryl methyl sites for hydroxylation is 1. The van der Waals surface area contributed by atoms with Gasteiger partial charge in [0, 0.05) is 19.5 Å². The van der Waals surface area contributed by atoms with E-state index in [1.165, 1.54) is 11.1 Å². The predicted molar refractivity (Wildman–Crippen MR) is 110 cm³/mol. The van der Waals surface area contributed by atoms with Gasteiger partial charge in [-0.15, -0.1) is 0 Å². The zero-order valence-corrected chi connectivity index (χ0v) is 16.5. The van der Waals surface area contributed by atoms with Crippen LogP contribution in [-0.4, -0.2) is 32.8 Å². The maximum Gasteiger partial charge on any atom is 0.191 e. The van der Waals surface area contributed by atoms with E-state index in [4.69, 9.17) is 14.5 Å². The van der Waals surface area contributed by atoms with Crippen LogP contribution in [0.15, 0.2) is 41.4 Å². The van der Waals surface area contributed by atoms with Crippen molar-refractivity contribution in [3.05, 3.63) is 58.7 Å². The number of ether oxygens (including phenoxy) is 2. The lowest BCUT2D eigenvalue weighted by Crippen LogP contribution is -2.38. The van der Waals surface area contributed by atoms with Crippen LogP contribution in [0.2, 0.25) is 0 Å². The molecule has 5 nitrogen and oxygen atoms in total. The van der Waals surface area contributed by atoms with Gasteiger partial charge in [0.25, 0.3) is 0 Å². The van der Waals surface area contributed by atoms with Crippen molar-refractivity contribution < 1.29 is 9.47 Å². The highest BCUT2D eigenvalue weighted by atomic mass is 16.5. The first kappa shape index (κ1) is 19.1. The second-order valence-corrected chi connectivity index (χ2v) is 6.72. The van der Waals surface area contributed by atoms with Gasteiger partial charge in [0.05, 0.1) is 20.3 Å². The molecule has 0 aliphatic carbocycles. The van der Waals surface area contributed by atoms with E-state index in [2.05, 4.69) is 54.0 Å². The summed E-state index contributed by atoms with van der Waals surface area (Å²) in [5.41, 5.74) is 4.91. The summed E-state index contributed by atoms with van der Waals surface area (Å²) in [5, 5.41) is 6.73. The molecule has 27 heavy (non-hydrogen) atoms. The van der Waals surface area contributed by atoms with E-state index in [1.807, 2.05) is 6.92 Å². The molecular formula is C22H29N3O2. The molecule has 0 radical (unpaired) electrons. The topological polar surface area (TPSA) is 54.9 Å². The first-order chi connectivity index (χ1) is 13.2. The second-order valence-electron chi connectivity index (χ2n) is 6.72. The molecule has 3 rings (SSSR count). The Balaban J connectivity index is 1.56. The fourth-order valence-electron chi connectivity index (χ4n) is 3.20. The van der Waals surface area contributed by atoms with Gasteiger partial charge in [-0.25, -0.2) is 4.99 Å². The summed E-state index contributed by atoms with van der Waals surface area (Å²) in [7, 11) is 1.70. The van der Waals surface area contributed by atoms with Crippen molar-refractivity contribution in [3.63, 3.8) is 0 Å². The number of aliphatic imine (C=N–C) groups is 1. The van der Waals surface area contributed by atoms with Gasteiger partial charge in [-0.3, -0.25) is 0 Å². The summed E-state index contributed by atoms with van der Waals surface area (Å²) in [4.78, 5) is 4.70. The van der Waals surface area contributed by atoms with Gasteiger partial charge in [-0.2, -0.15) is 0 Å². The van der Waals surface area contributed by atoms with E-state index in [-0.39, 0.29) is 0 Å². The minimum atomic E-state index is 0.613. The molecule has 0 atom stereocenters. The first-order valence-electron chi connectivity index (χ1n) is 9.60. The van der Waals surface area contributed by atoms with Gasteiger partial charge < -0.3 is 20.1 Å². The minimum Gasteiger partial charge on any atom is -0.496 e. The van der Waals surface area contributed by atoms with Gasteiger partial charge >= 0.3 is 0 Å². The molecule has 1 heterocycles. The van der Waals surface area contributed by atoms with Crippen LogP contribution in [0.5, 0.6) is 11.5 Å². The highest BCUT2D eigenvalue weighted by molar-refractivity contribution is 5.79. The molecule has 0 saturated carbocycles. The summed E-state index contributed by atoms with van der Waals surface area (Å²) in [6, 6.07) is 12.7. The standard InChI is InChI=1S/C22H29N3O2/c1-4-23-22(25-15-18-6-5-16(2)21(14-18)26-3)24-11-9-17-7-8-20-19(13-17)10-12-27-20/h5-8,13-14H,4,9-12,15H2,1-3H3,(H2,23,24,25). The number of guanidine groups is 1. The molecule has 0 spiro atoms. The fraction of sp³-hybridized carbons (Fsp3) is 0.409. The highest BCUT2D eigenvalue weighted by Gasteiger charge is 2.11. The molecule has 144 valence electrons. The van der Waals surface area contributed by atoms with E-state index in [0.29, 0.717) is 6.54 Å². The molecule has 2 aromatic carbocycles. The summed E-state index contributed by atoms with van der Waals surface area (Å²) >= 11 is 0. The van der Waals surface area contributed by atoms with Crippen molar-refractivity contribution >= 4 is 5.96 Å². The average molecular weight is 367 g/mol. The molecule has 0 saturated heterocycles. The lowest BCUT2D eigenvalue weighted by Gasteiger charge is -2.12. The molecule has 0 aromatic heterocycles. The Bertz CT molecular complexity index is 802. The Kier molecular flexibility index (Phi) is 6.58. The molecule has 0 amide bonds. The number of fused-ring (bicyclic) bond motifs is 1. The quantitative estimate of drug-likeness (QED) is 0.583. The van der Waals surface area contributed by atoms with Crippen LogP contribution in [-0.2, 0) is 19.4 Å². The Labute approximate surface area is 161 Å². The highest BCUT2D eigenvalue weighted by Crippen LogP contribution is 2.25. The van der Waals surface area contributed by atoms with Gasteiger partial charge in [0.15, 0.2) is 5.96 Å². The summed E-state index contributed by atoms with van der Waals surface area (Å²) in [6.45, 7) is 7.21. The van der Waals surface area contributed by atoms with Crippen molar-refractivity contribution in [1.82, 2.24) is 10.6 Å². The van der Waals surface area contributed by atoms with E-state index in [1.54, 1.807) is 7.11 Å². The Hall–Kier alpha value is -2.69. The number of hydrogen-bond donors (Lipinski definition) is 2. The van der Waals surface area contributed by atoms with Crippen molar-refractivity contribution in [1.29, 1.82) is 0 Å². The minimum absolute atomic E-state index is 0.613. The largest absolute Gasteiger partial charge is 0.496 e. The zero-order valence-electron chi connectivity index (χ0n) is 16.5. The number of hydrogen-bond acceptors (Lipinski definition) is 3. The van der Waals surface area contributed by atoms with Crippen LogP contribution < -0.4 is 20.1 Å². The third-order valence-electron chi connectivity index (χ3n) is 4.70. The van der Waals surface area contributed by atoms with E-state index >= 15 is 0 Å². The molecule has 0 unspecified atom stereocenters. The van der Waals surface area contributed by atoms with Crippen LogP contribution in [0, 0.1) is 6.92 Å². The molecule has 0 bridgehead atoms. The maximum atomic E-state index is 5.57. The number of nitrogens with one attached hydrogen (secondary N) is 2. The van der Waals surface area contributed by atoms with Crippen LogP contribution in [0.4, 0.5) is 0 Å². The molecule has 2 aromatic rings. The van der Waals surface area contributed by atoms with Crippen molar-refractivity contribution in [2.24, 2.45) is 4.99 Å². The molecule has 1 aliphatic rings. The summed E-state index contributed by atoms with van der Waals surface area (Å²) in [5.74, 6) is 2.78. The number of benzene rings is 2. The van der Waals surface area contributed by atoms with Crippen molar-refractivity contribution in [3.8, 4) is 11.5 Å². The normalized spacial score (nSPS) is 13.1. The third kappa shape index (κ3) is 5.16. The Morgan fingerprint density at radius 3 is 2.81 bits per heavy atom. The molecule has 0 fully saturated rings. The predicted octanol–water partition coefficient (Wildman–Crippen LogP) is 3.24. The monoisotopic (exact) mass is 367 g/mol. The second kappa shape index (κ2) is 9.31.